The molecule has 2 aliphatic rings. The fourth-order valence-corrected chi connectivity index (χ4v) is 2.94. The lowest BCUT2D eigenvalue weighted by Gasteiger charge is -2.40. The van der Waals surface area contributed by atoms with Crippen LogP contribution in [0.25, 0.3) is 0 Å². The average Bonchev–Trinajstić information content (AvgIpc) is 2.32. The molecule has 1 aliphatic heterocycles. The number of piperazine rings is 1. The van der Waals surface area contributed by atoms with E-state index in [2.05, 4.69) is 9.80 Å². The van der Waals surface area contributed by atoms with Gasteiger partial charge >= 0.3 is 0 Å². The fraction of sp³-hybridized carbons (Fsp3) is 1.00. The van der Waals surface area contributed by atoms with Crippen molar-refractivity contribution in [1.82, 2.24) is 9.80 Å². The van der Waals surface area contributed by atoms with E-state index in [-0.39, 0.29) is 24.8 Å². The van der Waals surface area contributed by atoms with Crippen molar-refractivity contribution in [3.8, 4) is 0 Å². The van der Waals surface area contributed by atoms with Crippen LogP contribution >= 0.6 is 24.8 Å². The number of halogens is 2. The SMILES string of the molecule is Cl.Cl.OCCN1CCN(C2CCCCC2)CC1. The van der Waals surface area contributed by atoms with Crippen LogP contribution in [0.5, 0.6) is 0 Å². The van der Waals surface area contributed by atoms with E-state index in [9.17, 15) is 0 Å². The first-order valence-electron chi connectivity index (χ1n) is 6.47. The van der Waals surface area contributed by atoms with Gasteiger partial charge in [-0.25, -0.2) is 0 Å². The van der Waals surface area contributed by atoms with Crippen molar-refractivity contribution in [2.75, 3.05) is 39.3 Å². The highest BCUT2D eigenvalue weighted by Gasteiger charge is 2.24. The quantitative estimate of drug-likeness (QED) is 0.856. The second-order valence-corrected chi connectivity index (χ2v) is 4.89. The van der Waals surface area contributed by atoms with Gasteiger partial charge in [-0.05, 0) is 12.8 Å². The molecule has 0 amide bonds. The van der Waals surface area contributed by atoms with Gasteiger partial charge in [-0.1, -0.05) is 19.3 Å². The van der Waals surface area contributed by atoms with Crippen LogP contribution in [0.2, 0.25) is 0 Å². The lowest BCUT2D eigenvalue weighted by atomic mass is 9.94. The van der Waals surface area contributed by atoms with Gasteiger partial charge in [-0.3, -0.25) is 9.80 Å². The third-order valence-electron chi connectivity index (χ3n) is 3.91. The molecule has 0 bridgehead atoms. The van der Waals surface area contributed by atoms with Gasteiger partial charge in [0.25, 0.3) is 0 Å². The van der Waals surface area contributed by atoms with Crippen LogP contribution in [0.3, 0.4) is 0 Å². The van der Waals surface area contributed by atoms with Crippen molar-refractivity contribution >= 4 is 24.8 Å². The van der Waals surface area contributed by atoms with Crippen LogP contribution in [-0.2, 0) is 0 Å². The Hall–Kier alpha value is 0.460. The molecule has 17 heavy (non-hydrogen) atoms. The number of β-amino-alcohol motifs (C(OH)–C–C–N with tert-alkyl or cyclic N) is 1. The van der Waals surface area contributed by atoms with Crippen LogP contribution in [0, 0.1) is 0 Å². The third kappa shape index (κ3) is 5.31. The summed E-state index contributed by atoms with van der Waals surface area (Å²) < 4.78 is 0. The largest absolute Gasteiger partial charge is 0.395 e. The summed E-state index contributed by atoms with van der Waals surface area (Å²) in [5, 5.41) is 8.88. The van der Waals surface area contributed by atoms with Crippen LogP contribution in [0.4, 0.5) is 0 Å². The van der Waals surface area contributed by atoms with Crippen molar-refractivity contribution in [1.29, 1.82) is 0 Å². The topological polar surface area (TPSA) is 26.7 Å². The first kappa shape index (κ1) is 17.5. The average molecular weight is 285 g/mol. The summed E-state index contributed by atoms with van der Waals surface area (Å²) >= 11 is 0. The molecule has 2 rings (SSSR count). The van der Waals surface area contributed by atoms with Gasteiger partial charge in [-0.2, -0.15) is 0 Å². The Morgan fingerprint density at radius 2 is 1.47 bits per heavy atom. The Morgan fingerprint density at radius 3 is 2.00 bits per heavy atom. The normalized spacial score (nSPS) is 23.8. The Labute approximate surface area is 117 Å². The van der Waals surface area contributed by atoms with E-state index in [1.54, 1.807) is 0 Å². The van der Waals surface area contributed by atoms with Crippen LogP contribution in [-0.4, -0.2) is 60.3 Å². The molecule has 104 valence electrons. The number of nitrogens with zero attached hydrogens (tertiary/aromatic N) is 2. The second kappa shape index (κ2) is 9.40. The maximum Gasteiger partial charge on any atom is 0.0558 e. The summed E-state index contributed by atoms with van der Waals surface area (Å²) in [6, 6.07) is 0.870. The molecule has 1 saturated carbocycles. The molecule has 0 radical (unpaired) electrons. The molecule has 1 N–H and O–H groups in total. The number of aliphatic hydroxyl groups excluding tert-OH is 1. The third-order valence-corrected chi connectivity index (χ3v) is 3.91. The second-order valence-electron chi connectivity index (χ2n) is 4.89. The first-order valence-corrected chi connectivity index (χ1v) is 6.47. The van der Waals surface area contributed by atoms with E-state index in [1.807, 2.05) is 0 Å². The summed E-state index contributed by atoms with van der Waals surface area (Å²) in [7, 11) is 0. The maximum absolute atomic E-state index is 8.88. The molecule has 0 spiro atoms. The van der Waals surface area contributed by atoms with Gasteiger partial charge in [0.15, 0.2) is 0 Å². The molecule has 3 nitrogen and oxygen atoms in total. The summed E-state index contributed by atoms with van der Waals surface area (Å²) in [4.78, 5) is 5.05. The fourth-order valence-electron chi connectivity index (χ4n) is 2.94. The number of hydrogen-bond acceptors (Lipinski definition) is 3. The Morgan fingerprint density at radius 1 is 0.882 bits per heavy atom. The lowest BCUT2D eigenvalue weighted by Crippen LogP contribution is -2.51. The van der Waals surface area contributed by atoms with Crippen molar-refractivity contribution < 1.29 is 5.11 Å². The van der Waals surface area contributed by atoms with E-state index in [4.69, 9.17) is 5.11 Å². The summed E-state index contributed by atoms with van der Waals surface area (Å²) in [6.07, 6.45) is 7.14. The Kier molecular flexibility index (Phi) is 9.65. The molecule has 1 heterocycles. The van der Waals surface area contributed by atoms with Crippen LogP contribution in [0.1, 0.15) is 32.1 Å². The monoisotopic (exact) mass is 284 g/mol. The highest BCUT2D eigenvalue weighted by Crippen LogP contribution is 2.23. The predicted molar refractivity (Wildman–Crippen MR) is 76.5 cm³/mol. The Balaban J connectivity index is 0.00000128. The van der Waals surface area contributed by atoms with Gasteiger partial charge in [0.1, 0.15) is 0 Å². The predicted octanol–water partition coefficient (Wildman–Crippen LogP) is 1.77. The first-order chi connectivity index (χ1) is 7.40. The maximum atomic E-state index is 8.88. The molecule has 2 fully saturated rings. The minimum absolute atomic E-state index is 0. The van der Waals surface area contributed by atoms with E-state index in [1.165, 1.54) is 45.2 Å². The van der Waals surface area contributed by atoms with Crippen LogP contribution in [0.15, 0.2) is 0 Å². The highest BCUT2D eigenvalue weighted by molar-refractivity contribution is 5.85. The number of rotatable bonds is 3. The molecule has 1 saturated heterocycles. The van der Waals surface area contributed by atoms with E-state index in [0.717, 1.165) is 25.7 Å². The molecular weight excluding hydrogens is 259 g/mol. The zero-order chi connectivity index (χ0) is 10.5. The van der Waals surface area contributed by atoms with Gasteiger partial charge in [-0.15, -0.1) is 24.8 Å². The summed E-state index contributed by atoms with van der Waals surface area (Å²) in [6.45, 7) is 5.89. The summed E-state index contributed by atoms with van der Waals surface area (Å²) in [5.41, 5.74) is 0. The minimum Gasteiger partial charge on any atom is -0.395 e. The van der Waals surface area contributed by atoms with Crippen molar-refractivity contribution in [3.63, 3.8) is 0 Å². The van der Waals surface area contributed by atoms with Crippen LogP contribution < -0.4 is 0 Å². The molecule has 5 heteroatoms. The number of aliphatic hydroxyl groups is 1. The van der Waals surface area contributed by atoms with Gasteiger partial charge < -0.3 is 5.11 Å². The number of hydrogen-bond donors (Lipinski definition) is 1. The van der Waals surface area contributed by atoms with Crippen molar-refractivity contribution in [2.24, 2.45) is 0 Å². The molecule has 0 aromatic heterocycles. The molecule has 0 aromatic rings. The molecule has 0 unspecified atom stereocenters. The van der Waals surface area contributed by atoms with Gasteiger partial charge in [0.2, 0.25) is 0 Å². The highest BCUT2D eigenvalue weighted by atomic mass is 35.5. The van der Waals surface area contributed by atoms with E-state index in [0.29, 0.717) is 6.61 Å². The Bertz CT molecular complexity index is 181. The lowest BCUT2D eigenvalue weighted by molar-refractivity contribution is 0.0697. The molecular formula is C12H26Cl2N2O. The minimum atomic E-state index is 0. The molecule has 1 aliphatic carbocycles. The van der Waals surface area contributed by atoms with Gasteiger partial charge in [0.05, 0.1) is 6.61 Å². The molecule has 0 atom stereocenters. The molecule has 0 aromatic carbocycles. The zero-order valence-corrected chi connectivity index (χ0v) is 12.1. The van der Waals surface area contributed by atoms with E-state index < -0.39 is 0 Å². The van der Waals surface area contributed by atoms with Crippen molar-refractivity contribution in [2.45, 2.75) is 38.1 Å². The standard InChI is InChI=1S/C12H24N2O.2ClH/c15-11-10-13-6-8-14(9-7-13)12-4-2-1-3-5-12;;/h12,15H,1-11H2;2*1H. The van der Waals surface area contributed by atoms with Crippen molar-refractivity contribution in [3.05, 3.63) is 0 Å². The van der Waals surface area contributed by atoms with E-state index >= 15 is 0 Å². The zero-order valence-electron chi connectivity index (χ0n) is 10.5. The van der Waals surface area contributed by atoms with Gasteiger partial charge in [0, 0.05) is 38.8 Å². The smallest absolute Gasteiger partial charge is 0.0558 e. The summed E-state index contributed by atoms with van der Waals surface area (Å²) in [5.74, 6) is 0.